The van der Waals surface area contributed by atoms with Gasteiger partial charge in [-0.05, 0) is 51.7 Å². The van der Waals surface area contributed by atoms with Gasteiger partial charge in [0.1, 0.15) is 0 Å². The fourth-order valence-electron chi connectivity index (χ4n) is 6.73. The summed E-state index contributed by atoms with van der Waals surface area (Å²) in [6.07, 6.45) is 0. The summed E-state index contributed by atoms with van der Waals surface area (Å²) in [5.41, 5.74) is 7.41. The zero-order valence-electron chi connectivity index (χ0n) is 24.8. The Morgan fingerprint density at radius 1 is 0.489 bits per heavy atom. The fraction of sp³-hybridized carbons (Fsp3) is 0.0750. The van der Waals surface area contributed by atoms with Crippen molar-refractivity contribution >= 4 is 10.8 Å². The fourth-order valence-corrected chi connectivity index (χ4v) is 6.73. The van der Waals surface area contributed by atoms with Crippen molar-refractivity contribution in [2.45, 2.75) is 19.3 Å². The van der Waals surface area contributed by atoms with Crippen LogP contribution in [0.2, 0.25) is 0 Å². The van der Waals surface area contributed by atoms with Gasteiger partial charge >= 0.3 is 0 Å². The lowest BCUT2D eigenvalue weighted by Gasteiger charge is -2.25. The molecule has 0 fully saturated rings. The third-order valence-corrected chi connectivity index (χ3v) is 9.00. The standard InChI is InChI=1S/C40H27N3O2/c1-40(2)30-18-9-8-16-29(30)35-31(40)20-22-33-36(35)45-32-21-19-26(23-34(32)44-33)38-41-37(25-12-4-3-5-13-25)42-39(43-38)28-17-10-14-24-11-6-7-15-27(24)28/h3-23H,1-2H3. The number of hydrogen-bond donors (Lipinski definition) is 0. The van der Waals surface area contributed by atoms with Crippen LogP contribution in [-0.4, -0.2) is 15.0 Å². The maximum atomic E-state index is 6.62. The van der Waals surface area contributed by atoms with Crippen LogP contribution < -0.4 is 9.47 Å². The summed E-state index contributed by atoms with van der Waals surface area (Å²) in [5, 5.41) is 2.22. The minimum Gasteiger partial charge on any atom is -0.449 e. The lowest BCUT2D eigenvalue weighted by Crippen LogP contribution is -2.15. The zero-order chi connectivity index (χ0) is 30.1. The number of benzene rings is 6. The maximum Gasteiger partial charge on any atom is 0.178 e. The summed E-state index contributed by atoms with van der Waals surface area (Å²) >= 11 is 0. The molecule has 0 spiro atoms. The molecule has 0 radical (unpaired) electrons. The Bertz CT molecular complexity index is 2310. The van der Waals surface area contributed by atoms with E-state index in [1.54, 1.807) is 0 Å². The second-order valence-corrected chi connectivity index (χ2v) is 12.1. The van der Waals surface area contributed by atoms with Gasteiger partial charge in [0.05, 0.1) is 0 Å². The van der Waals surface area contributed by atoms with E-state index in [-0.39, 0.29) is 5.41 Å². The van der Waals surface area contributed by atoms with Crippen molar-refractivity contribution in [1.29, 1.82) is 0 Å². The van der Waals surface area contributed by atoms with Gasteiger partial charge in [-0.3, -0.25) is 0 Å². The highest BCUT2D eigenvalue weighted by Gasteiger charge is 2.39. The van der Waals surface area contributed by atoms with E-state index in [0.717, 1.165) is 38.8 Å². The molecule has 45 heavy (non-hydrogen) atoms. The number of nitrogens with zero attached hydrogens (tertiary/aromatic N) is 3. The van der Waals surface area contributed by atoms with Crippen molar-refractivity contribution in [2.75, 3.05) is 0 Å². The molecule has 5 nitrogen and oxygen atoms in total. The van der Waals surface area contributed by atoms with Gasteiger partial charge in [0.2, 0.25) is 0 Å². The van der Waals surface area contributed by atoms with Crippen LogP contribution in [0.5, 0.6) is 23.0 Å². The van der Waals surface area contributed by atoms with E-state index in [4.69, 9.17) is 24.4 Å². The molecule has 214 valence electrons. The average molecular weight is 582 g/mol. The predicted octanol–water partition coefficient (Wildman–Crippen LogP) is 10.2. The summed E-state index contributed by atoms with van der Waals surface area (Å²) in [7, 11) is 0. The molecule has 1 aliphatic carbocycles. The van der Waals surface area contributed by atoms with Crippen LogP contribution >= 0.6 is 0 Å². The van der Waals surface area contributed by atoms with Gasteiger partial charge in [0, 0.05) is 27.7 Å². The molecule has 0 atom stereocenters. The molecule has 7 aromatic rings. The summed E-state index contributed by atoms with van der Waals surface area (Å²) in [5.74, 6) is 4.53. The van der Waals surface area contributed by atoms with Crippen LogP contribution in [0.4, 0.5) is 0 Å². The van der Waals surface area contributed by atoms with Crippen molar-refractivity contribution < 1.29 is 9.47 Å². The van der Waals surface area contributed by atoms with E-state index < -0.39 is 0 Å². The lowest BCUT2D eigenvalue weighted by molar-refractivity contribution is 0.360. The first-order valence-corrected chi connectivity index (χ1v) is 15.1. The highest BCUT2D eigenvalue weighted by Crippen LogP contribution is 2.58. The third-order valence-electron chi connectivity index (χ3n) is 9.00. The van der Waals surface area contributed by atoms with Crippen LogP contribution in [0, 0.1) is 0 Å². The second kappa shape index (κ2) is 9.60. The molecule has 0 saturated carbocycles. The molecule has 9 rings (SSSR count). The van der Waals surface area contributed by atoms with E-state index in [9.17, 15) is 0 Å². The molecule has 6 aromatic carbocycles. The highest BCUT2D eigenvalue weighted by atomic mass is 16.6. The van der Waals surface area contributed by atoms with Gasteiger partial charge in [-0.1, -0.05) is 117 Å². The van der Waals surface area contributed by atoms with E-state index in [0.29, 0.717) is 34.7 Å². The van der Waals surface area contributed by atoms with Crippen LogP contribution in [0.1, 0.15) is 25.0 Å². The van der Waals surface area contributed by atoms with Crippen LogP contribution in [0.25, 0.3) is 56.1 Å². The Hall–Kier alpha value is -5.81. The first-order valence-electron chi connectivity index (χ1n) is 15.1. The Morgan fingerprint density at radius 3 is 2.07 bits per heavy atom. The van der Waals surface area contributed by atoms with Crippen LogP contribution in [0.15, 0.2) is 127 Å². The van der Waals surface area contributed by atoms with Gasteiger partial charge in [0.15, 0.2) is 40.5 Å². The molecule has 0 saturated heterocycles. The summed E-state index contributed by atoms with van der Waals surface area (Å²) < 4.78 is 13.2. The first-order chi connectivity index (χ1) is 22.0. The van der Waals surface area contributed by atoms with Gasteiger partial charge < -0.3 is 9.47 Å². The smallest absolute Gasteiger partial charge is 0.178 e. The van der Waals surface area contributed by atoms with Gasteiger partial charge in [-0.25, -0.2) is 15.0 Å². The van der Waals surface area contributed by atoms with Crippen molar-refractivity contribution in [3.05, 3.63) is 139 Å². The minimum atomic E-state index is -0.120. The van der Waals surface area contributed by atoms with Crippen molar-refractivity contribution in [1.82, 2.24) is 15.0 Å². The summed E-state index contributed by atoms with van der Waals surface area (Å²) in [6, 6.07) is 43.2. The van der Waals surface area contributed by atoms with E-state index in [1.165, 1.54) is 16.7 Å². The van der Waals surface area contributed by atoms with Gasteiger partial charge in [-0.15, -0.1) is 0 Å². The number of ether oxygens (including phenoxy) is 2. The van der Waals surface area contributed by atoms with E-state index in [2.05, 4.69) is 68.4 Å². The lowest BCUT2D eigenvalue weighted by atomic mass is 9.82. The Kier molecular flexibility index (Phi) is 5.47. The molecule has 1 aliphatic heterocycles. The predicted molar refractivity (Wildman–Crippen MR) is 178 cm³/mol. The number of fused-ring (bicyclic) bond motifs is 7. The molecule has 2 heterocycles. The number of hydrogen-bond acceptors (Lipinski definition) is 5. The van der Waals surface area contributed by atoms with Crippen molar-refractivity contribution in [3.8, 4) is 68.3 Å². The molecular weight excluding hydrogens is 554 g/mol. The zero-order valence-corrected chi connectivity index (χ0v) is 24.8. The summed E-state index contributed by atoms with van der Waals surface area (Å²) in [6.45, 7) is 4.53. The minimum absolute atomic E-state index is 0.120. The Balaban J connectivity index is 1.16. The van der Waals surface area contributed by atoms with E-state index >= 15 is 0 Å². The third kappa shape index (κ3) is 3.97. The molecule has 0 amide bonds. The first kappa shape index (κ1) is 25.7. The van der Waals surface area contributed by atoms with Gasteiger partial charge in [-0.2, -0.15) is 0 Å². The largest absolute Gasteiger partial charge is 0.449 e. The second-order valence-electron chi connectivity index (χ2n) is 12.1. The average Bonchev–Trinajstić information content (AvgIpc) is 3.33. The SMILES string of the molecule is CC1(C)c2ccccc2-c2c1ccc1c2Oc2ccc(-c3nc(-c4ccccc4)nc(-c4cccc5ccccc45)n3)cc2O1. The molecule has 1 aromatic heterocycles. The molecule has 2 aliphatic rings. The van der Waals surface area contributed by atoms with Crippen molar-refractivity contribution in [3.63, 3.8) is 0 Å². The maximum absolute atomic E-state index is 6.62. The molecule has 0 bridgehead atoms. The highest BCUT2D eigenvalue weighted by molar-refractivity contribution is 5.95. The molecule has 5 heteroatoms. The molecule has 0 unspecified atom stereocenters. The quantitative estimate of drug-likeness (QED) is 0.208. The summed E-state index contributed by atoms with van der Waals surface area (Å²) in [4.78, 5) is 14.9. The van der Waals surface area contributed by atoms with E-state index in [1.807, 2.05) is 72.8 Å². The molecular formula is C40H27N3O2. The number of rotatable bonds is 3. The van der Waals surface area contributed by atoms with Crippen molar-refractivity contribution in [2.24, 2.45) is 0 Å². The normalized spacial score (nSPS) is 13.6. The monoisotopic (exact) mass is 581 g/mol. The van der Waals surface area contributed by atoms with Crippen LogP contribution in [0.3, 0.4) is 0 Å². The number of aromatic nitrogens is 3. The Morgan fingerprint density at radius 2 is 1.18 bits per heavy atom. The molecule has 0 N–H and O–H groups in total. The topological polar surface area (TPSA) is 57.1 Å². The van der Waals surface area contributed by atoms with Crippen LogP contribution in [-0.2, 0) is 5.41 Å². The van der Waals surface area contributed by atoms with Gasteiger partial charge in [0.25, 0.3) is 0 Å². The Labute approximate surface area is 260 Å².